The minimum absolute atomic E-state index is 0.0926. The van der Waals surface area contributed by atoms with Crippen LogP contribution in [-0.2, 0) is 6.42 Å². The van der Waals surface area contributed by atoms with E-state index in [1.54, 1.807) is 13.8 Å². The molecule has 0 aliphatic carbocycles. The third-order valence-electron chi connectivity index (χ3n) is 3.32. The van der Waals surface area contributed by atoms with Crippen molar-refractivity contribution in [1.29, 1.82) is 0 Å². The van der Waals surface area contributed by atoms with Crippen molar-refractivity contribution in [3.8, 4) is 0 Å². The van der Waals surface area contributed by atoms with Gasteiger partial charge in [-0.05, 0) is 51.5 Å². The second kappa shape index (κ2) is 17.5. The second-order valence-electron chi connectivity index (χ2n) is 5.29. The molecule has 4 nitrogen and oxygen atoms in total. The van der Waals surface area contributed by atoms with Crippen molar-refractivity contribution in [3.63, 3.8) is 0 Å². The Balaban J connectivity index is 0. The van der Waals surface area contributed by atoms with Gasteiger partial charge in [-0.15, -0.1) is 6.58 Å². The monoisotopic (exact) mass is 335 g/mol. The molecule has 4 heteroatoms. The van der Waals surface area contributed by atoms with E-state index >= 15 is 0 Å². The van der Waals surface area contributed by atoms with E-state index in [2.05, 4.69) is 18.7 Å². The first-order valence-corrected chi connectivity index (χ1v) is 8.65. The van der Waals surface area contributed by atoms with E-state index < -0.39 is 0 Å². The fourth-order valence-electron chi connectivity index (χ4n) is 1.87. The number of rotatable bonds is 8. The highest BCUT2D eigenvalue weighted by atomic mass is 16.3. The van der Waals surface area contributed by atoms with Crippen molar-refractivity contribution < 1.29 is 9.90 Å². The Kier molecular flexibility index (Phi) is 17.9. The highest BCUT2D eigenvalue weighted by molar-refractivity contribution is 5.95. The Morgan fingerprint density at radius 3 is 2.25 bits per heavy atom. The van der Waals surface area contributed by atoms with Crippen molar-refractivity contribution in [2.45, 2.75) is 65.9 Å². The molecule has 0 aliphatic heterocycles. The maximum absolute atomic E-state index is 11.0. The van der Waals surface area contributed by atoms with E-state index in [1.165, 1.54) is 0 Å². The van der Waals surface area contributed by atoms with Gasteiger partial charge in [0.15, 0.2) is 5.78 Å². The molecule has 1 N–H and O–H groups in total. The lowest BCUT2D eigenvalue weighted by molar-refractivity contribution is 0.101. The molecule has 0 aliphatic rings. The van der Waals surface area contributed by atoms with Crippen LogP contribution in [0.1, 0.15) is 69.3 Å². The van der Waals surface area contributed by atoms with Crippen LogP contribution in [0.3, 0.4) is 0 Å². The number of aryl methyl sites for hydroxylation is 1. The fourth-order valence-corrected chi connectivity index (χ4v) is 1.87. The molecule has 0 spiro atoms. The highest BCUT2D eigenvalue weighted by Crippen LogP contribution is 2.09. The summed E-state index contributed by atoms with van der Waals surface area (Å²) in [5.74, 6) is 0.155. The number of Topliss-reactive ketones (excluding diaryl/α,β-unsaturated/α-hetero) is 1. The zero-order valence-electron chi connectivity index (χ0n) is 15.6. The molecule has 1 atom stereocenters. The van der Waals surface area contributed by atoms with Crippen LogP contribution in [0.25, 0.3) is 0 Å². The van der Waals surface area contributed by atoms with Crippen LogP contribution < -0.4 is 0 Å². The average Bonchev–Trinajstić information content (AvgIpc) is 2.62. The second-order valence-corrected chi connectivity index (χ2v) is 5.29. The number of unbranched alkanes of at least 4 members (excludes halogenated alkanes) is 1. The molecule has 0 radical (unpaired) electrons. The minimum atomic E-state index is -0.0926. The summed E-state index contributed by atoms with van der Waals surface area (Å²) in [5.41, 5.74) is 2.00. The van der Waals surface area contributed by atoms with Gasteiger partial charge >= 0.3 is 0 Å². The first-order chi connectivity index (χ1) is 11.5. The molecule has 136 valence electrons. The summed E-state index contributed by atoms with van der Waals surface area (Å²) in [4.78, 5) is 19.9. The molecule has 0 bridgehead atoms. The molecule has 0 heterocycles. The number of hydrogen-bond donors (Lipinski definition) is 1. The van der Waals surface area contributed by atoms with Gasteiger partial charge < -0.3 is 5.11 Å². The lowest BCUT2D eigenvalue weighted by atomic mass is 10.0. The summed E-state index contributed by atoms with van der Waals surface area (Å²) < 4.78 is 0. The summed E-state index contributed by atoms with van der Waals surface area (Å²) in [6.45, 7) is 11.4. The van der Waals surface area contributed by atoms with Crippen LogP contribution in [-0.4, -0.2) is 23.5 Å². The van der Waals surface area contributed by atoms with Gasteiger partial charge in [-0.3, -0.25) is 4.79 Å². The van der Waals surface area contributed by atoms with Gasteiger partial charge in [-0.1, -0.05) is 49.4 Å². The standard InChI is InChI=1S/C10H12O.C8H16O.C2H5NO/c1-3-9-6-4-5-7-10(9)8(2)11;1-3-5-6-7-8(9)4-2;1-2-3-4/h4-7H,3H2,1-2H3;3,8-9H,1,4-7H2,2H3;2H2,1H3. The molecule has 1 rings (SSSR count). The van der Waals surface area contributed by atoms with Gasteiger partial charge in [0.25, 0.3) is 0 Å². The summed E-state index contributed by atoms with van der Waals surface area (Å²) in [7, 11) is 0. The topological polar surface area (TPSA) is 66.7 Å². The summed E-state index contributed by atoms with van der Waals surface area (Å²) in [6.07, 6.45) is 6.61. The van der Waals surface area contributed by atoms with E-state index in [1.807, 2.05) is 37.3 Å². The molecule has 0 fully saturated rings. The number of ketones is 1. The average molecular weight is 335 g/mol. The molecule has 1 aromatic rings. The van der Waals surface area contributed by atoms with Crippen molar-refractivity contribution in [2.75, 3.05) is 6.54 Å². The van der Waals surface area contributed by atoms with E-state index in [-0.39, 0.29) is 11.9 Å². The van der Waals surface area contributed by atoms with E-state index in [9.17, 15) is 4.79 Å². The predicted molar refractivity (Wildman–Crippen MR) is 103 cm³/mol. The molecule has 0 amide bonds. The number of aliphatic hydroxyl groups excluding tert-OH is 1. The number of carbonyl (C=O) groups excluding carboxylic acids is 1. The number of benzene rings is 1. The van der Waals surface area contributed by atoms with Crippen LogP contribution in [0.15, 0.2) is 42.1 Å². The van der Waals surface area contributed by atoms with E-state index in [4.69, 9.17) is 10.0 Å². The Morgan fingerprint density at radius 1 is 1.29 bits per heavy atom. The third kappa shape index (κ3) is 13.8. The maximum Gasteiger partial charge on any atom is 0.160 e. The minimum Gasteiger partial charge on any atom is -0.393 e. The smallest absolute Gasteiger partial charge is 0.160 e. The number of aliphatic hydroxyl groups is 1. The maximum atomic E-state index is 11.0. The van der Waals surface area contributed by atoms with Gasteiger partial charge in [-0.2, -0.15) is 4.91 Å². The molecule has 0 saturated carbocycles. The lowest BCUT2D eigenvalue weighted by Crippen LogP contribution is -2.02. The molecule has 0 aromatic heterocycles. The quantitative estimate of drug-likeness (QED) is 0.302. The number of nitrogens with zero attached hydrogens (tertiary/aromatic N) is 1. The first-order valence-electron chi connectivity index (χ1n) is 8.65. The highest BCUT2D eigenvalue weighted by Gasteiger charge is 2.02. The number of hydrogen-bond acceptors (Lipinski definition) is 4. The van der Waals surface area contributed by atoms with Crippen LogP contribution in [0.2, 0.25) is 0 Å². The molecule has 24 heavy (non-hydrogen) atoms. The molecular formula is C20H33NO3. The van der Waals surface area contributed by atoms with Gasteiger partial charge in [0.1, 0.15) is 0 Å². The van der Waals surface area contributed by atoms with Gasteiger partial charge in [0, 0.05) is 5.56 Å². The van der Waals surface area contributed by atoms with Gasteiger partial charge in [0.2, 0.25) is 0 Å². The molecular weight excluding hydrogens is 302 g/mol. The molecule has 0 saturated heterocycles. The van der Waals surface area contributed by atoms with Crippen molar-refractivity contribution >= 4 is 5.78 Å². The van der Waals surface area contributed by atoms with E-state index in [0.717, 1.165) is 43.2 Å². The normalized spacial score (nSPS) is 10.4. The van der Waals surface area contributed by atoms with Crippen molar-refractivity contribution in [1.82, 2.24) is 0 Å². The number of allylic oxidation sites excluding steroid dienone is 1. The van der Waals surface area contributed by atoms with Crippen molar-refractivity contribution in [3.05, 3.63) is 53.0 Å². The number of carbonyl (C=O) groups is 1. The van der Waals surface area contributed by atoms with Gasteiger partial charge in [0.05, 0.1) is 12.6 Å². The SMILES string of the molecule is C=CCCCC(O)CC.CCN=O.CCc1ccccc1C(C)=O. The Hall–Kier alpha value is -1.81. The van der Waals surface area contributed by atoms with Crippen LogP contribution in [0.4, 0.5) is 0 Å². The first kappa shape index (κ1) is 24.4. The van der Waals surface area contributed by atoms with E-state index in [0.29, 0.717) is 6.54 Å². The number of nitroso groups, excluding NO2 is 1. The summed E-state index contributed by atoms with van der Waals surface area (Å²) in [6, 6.07) is 7.74. The lowest BCUT2D eigenvalue weighted by Gasteiger charge is -2.04. The van der Waals surface area contributed by atoms with Crippen LogP contribution in [0.5, 0.6) is 0 Å². The third-order valence-corrected chi connectivity index (χ3v) is 3.32. The van der Waals surface area contributed by atoms with Crippen LogP contribution in [0, 0.1) is 4.91 Å². The van der Waals surface area contributed by atoms with Crippen LogP contribution >= 0.6 is 0 Å². The Morgan fingerprint density at radius 2 is 1.88 bits per heavy atom. The van der Waals surface area contributed by atoms with Crippen molar-refractivity contribution in [2.24, 2.45) is 5.18 Å². The Bertz CT molecular complexity index is 458. The predicted octanol–water partition coefficient (Wildman–Crippen LogP) is 5.34. The summed E-state index contributed by atoms with van der Waals surface area (Å²) >= 11 is 0. The molecule has 1 unspecified atom stereocenters. The molecule has 1 aromatic carbocycles. The fraction of sp³-hybridized carbons (Fsp3) is 0.550. The van der Waals surface area contributed by atoms with Gasteiger partial charge in [-0.25, -0.2) is 0 Å². The Labute approximate surface area is 147 Å². The zero-order valence-corrected chi connectivity index (χ0v) is 15.6. The summed E-state index contributed by atoms with van der Waals surface area (Å²) in [5, 5.41) is 11.5. The zero-order chi connectivity index (χ0) is 18.8. The largest absolute Gasteiger partial charge is 0.393 e.